The van der Waals surface area contributed by atoms with Crippen LogP contribution in [0.3, 0.4) is 0 Å². The first kappa shape index (κ1) is 22.8. The summed E-state index contributed by atoms with van der Waals surface area (Å²) in [6.07, 6.45) is 3.82. The van der Waals surface area contributed by atoms with E-state index in [0.717, 1.165) is 37.9 Å². The van der Waals surface area contributed by atoms with Crippen molar-refractivity contribution in [1.82, 2.24) is 14.6 Å². The lowest BCUT2D eigenvalue weighted by Crippen LogP contribution is -2.13. The average molecular weight is 477 g/mol. The molecule has 7 nitrogen and oxygen atoms in total. The molecule has 0 atom stereocenters. The van der Waals surface area contributed by atoms with Crippen LogP contribution in [0.2, 0.25) is 0 Å². The van der Waals surface area contributed by atoms with Crippen LogP contribution in [0, 0.1) is 5.41 Å². The highest BCUT2D eigenvalue weighted by Crippen LogP contribution is 2.35. The van der Waals surface area contributed by atoms with Crippen LogP contribution in [-0.4, -0.2) is 40.3 Å². The summed E-state index contributed by atoms with van der Waals surface area (Å²) in [5.41, 5.74) is 11.5. The Morgan fingerprint density at radius 1 is 1.21 bits per heavy atom. The summed E-state index contributed by atoms with van der Waals surface area (Å²) in [5, 5.41) is 14.0. The van der Waals surface area contributed by atoms with Gasteiger partial charge in [-0.25, -0.2) is 4.98 Å². The van der Waals surface area contributed by atoms with Gasteiger partial charge < -0.3 is 15.7 Å². The van der Waals surface area contributed by atoms with Crippen LogP contribution < -0.4 is 5.73 Å². The van der Waals surface area contributed by atoms with Crippen LogP contribution >= 0.6 is 23.1 Å². The number of rotatable bonds is 9. The van der Waals surface area contributed by atoms with Gasteiger partial charge in [0, 0.05) is 42.9 Å². The number of fused-ring (bicyclic) bond motifs is 1. The van der Waals surface area contributed by atoms with E-state index >= 15 is 0 Å². The maximum atomic E-state index is 11.8. The average Bonchev–Trinajstić information content (AvgIpc) is 3.34. The Kier molecular flexibility index (Phi) is 6.90. The van der Waals surface area contributed by atoms with Gasteiger partial charge in [-0.15, -0.1) is 11.3 Å². The summed E-state index contributed by atoms with van der Waals surface area (Å²) in [5.74, 6) is 0.836. The largest absolute Gasteiger partial charge is 0.398 e. The Balaban J connectivity index is 1.57. The SMILES string of the molecule is CN(Cc1cccc(N)c1C=N)/N=C\c1c(C=O)n(C)c2nc(SCc3ccccc3)sc12. The van der Waals surface area contributed by atoms with Gasteiger partial charge in [0.05, 0.1) is 23.2 Å². The third-order valence-electron chi connectivity index (χ3n) is 5.26. The van der Waals surface area contributed by atoms with Crippen molar-refractivity contribution in [3.8, 4) is 0 Å². The van der Waals surface area contributed by atoms with Gasteiger partial charge in [-0.3, -0.25) is 9.80 Å². The molecular weight excluding hydrogens is 452 g/mol. The minimum absolute atomic E-state index is 0.486. The summed E-state index contributed by atoms with van der Waals surface area (Å²) in [6, 6.07) is 15.8. The van der Waals surface area contributed by atoms with Gasteiger partial charge in [-0.2, -0.15) is 5.10 Å². The van der Waals surface area contributed by atoms with Crippen molar-refractivity contribution in [3.63, 3.8) is 0 Å². The number of nitrogens with one attached hydrogen (secondary N) is 1. The van der Waals surface area contributed by atoms with Crippen LogP contribution in [0.15, 0.2) is 58.0 Å². The molecule has 0 spiro atoms. The second-order valence-electron chi connectivity index (χ2n) is 7.51. The van der Waals surface area contributed by atoms with Crippen molar-refractivity contribution in [2.24, 2.45) is 12.1 Å². The lowest BCUT2D eigenvalue weighted by molar-refractivity contribution is 0.111. The molecule has 2 aromatic heterocycles. The first-order valence-corrected chi connectivity index (χ1v) is 12.1. The van der Waals surface area contributed by atoms with Gasteiger partial charge in [0.15, 0.2) is 16.3 Å². The summed E-state index contributed by atoms with van der Waals surface area (Å²) in [7, 11) is 3.70. The molecule has 2 heterocycles. The zero-order valence-electron chi connectivity index (χ0n) is 18.4. The normalized spacial score (nSPS) is 11.3. The molecular formula is C24H24N6OS2. The second-order valence-corrected chi connectivity index (χ2v) is 9.73. The summed E-state index contributed by atoms with van der Waals surface area (Å²) >= 11 is 3.26. The van der Waals surface area contributed by atoms with Gasteiger partial charge in [0.2, 0.25) is 0 Å². The van der Waals surface area contributed by atoms with Gasteiger partial charge in [-0.05, 0) is 17.2 Å². The number of thioether (sulfide) groups is 1. The fourth-order valence-electron chi connectivity index (χ4n) is 3.55. The van der Waals surface area contributed by atoms with E-state index in [1.807, 2.05) is 49.0 Å². The zero-order valence-corrected chi connectivity index (χ0v) is 20.0. The lowest BCUT2D eigenvalue weighted by Gasteiger charge is -2.15. The number of thiazole rings is 1. The minimum atomic E-state index is 0.486. The molecule has 0 saturated heterocycles. The Hall–Kier alpha value is -3.43. The predicted octanol–water partition coefficient (Wildman–Crippen LogP) is 4.79. The quantitative estimate of drug-likeness (QED) is 0.119. The van der Waals surface area contributed by atoms with E-state index in [1.165, 1.54) is 11.8 Å². The first-order chi connectivity index (χ1) is 16.0. The van der Waals surface area contributed by atoms with Gasteiger partial charge in [0.25, 0.3) is 0 Å². The Labute approximate surface area is 200 Å². The molecule has 0 amide bonds. The Morgan fingerprint density at radius 3 is 2.73 bits per heavy atom. The van der Waals surface area contributed by atoms with E-state index < -0.39 is 0 Å². The number of carbonyl (C=O) groups excluding carboxylic acids is 1. The third kappa shape index (κ3) is 4.84. The first-order valence-electron chi connectivity index (χ1n) is 10.3. The molecule has 9 heteroatoms. The fraction of sp³-hybridized carbons (Fsp3) is 0.167. The molecule has 0 aliphatic rings. The van der Waals surface area contributed by atoms with E-state index in [2.05, 4.69) is 17.2 Å². The smallest absolute Gasteiger partial charge is 0.167 e. The lowest BCUT2D eigenvalue weighted by atomic mass is 10.1. The Bertz CT molecular complexity index is 1330. The molecule has 0 aliphatic carbocycles. The van der Waals surface area contributed by atoms with Crippen molar-refractivity contribution in [2.75, 3.05) is 12.8 Å². The van der Waals surface area contributed by atoms with Crippen molar-refractivity contribution in [3.05, 3.63) is 76.5 Å². The van der Waals surface area contributed by atoms with Crippen LogP contribution in [0.25, 0.3) is 10.3 Å². The highest BCUT2D eigenvalue weighted by molar-refractivity contribution is 8.00. The number of nitrogens with zero attached hydrogens (tertiary/aromatic N) is 4. The van der Waals surface area contributed by atoms with Crippen molar-refractivity contribution in [2.45, 2.75) is 16.6 Å². The standard InChI is InChI=1S/C24H24N6OS2/c1-29(13-17-9-6-10-20(26)18(17)11-25)27-12-19-21(14-31)30(2)23-22(19)33-24(28-23)32-15-16-7-4-3-5-8-16/h3-12,14,25H,13,15,26H2,1-2H3/b25-11?,27-12-. The number of benzene rings is 2. The van der Waals surface area contributed by atoms with Crippen molar-refractivity contribution in [1.29, 1.82) is 5.41 Å². The highest BCUT2D eigenvalue weighted by Gasteiger charge is 2.18. The number of aldehydes is 1. The van der Waals surface area contributed by atoms with Crippen LogP contribution in [0.5, 0.6) is 0 Å². The van der Waals surface area contributed by atoms with E-state index in [1.54, 1.807) is 40.4 Å². The number of aryl methyl sites for hydroxylation is 1. The Morgan fingerprint density at radius 2 is 2.00 bits per heavy atom. The van der Waals surface area contributed by atoms with Gasteiger partial charge in [-0.1, -0.05) is 54.2 Å². The number of carbonyl (C=O) groups is 1. The molecule has 3 N–H and O–H groups in total. The monoisotopic (exact) mass is 476 g/mol. The van der Waals surface area contributed by atoms with Gasteiger partial charge in [0.1, 0.15) is 0 Å². The molecule has 0 radical (unpaired) electrons. The van der Waals surface area contributed by atoms with Crippen LogP contribution in [0.4, 0.5) is 5.69 Å². The number of nitrogen functional groups attached to an aromatic ring is 1. The summed E-state index contributed by atoms with van der Waals surface area (Å²) in [6.45, 7) is 0.486. The molecule has 2 aromatic carbocycles. The number of nitrogens with two attached hydrogens (primary N) is 1. The molecule has 0 bridgehead atoms. The molecule has 33 heavy (non-hydrogen) atoms. The maximum absolute atomic E-state index is 11.8. The minimum Gasteiger partial charge on any atom is -0.398 e. The van der Waals surface area contributed by atoms with Gasteiger partial charge >= 0.3 is 0 Å². The molecule has 168 valence electrons. The third-order valence-corrected chi connectivity index (χ3v) is 7.56. The van der Waals surface area contributed by atoms with E-state index in [4.69, 9.17) is 16.1 Å². The predicted molar refractivity (Wildman–Crippen MR) is 138 cm³/mol. The number of hydrogen-bond donors (Lipinski definition) is 2. The molecule has 0 saturated carbocycles. The molecule has 0 aliphatic heterocycles. The van der Waals surface area contributed by atoms with Crippen molar-refractivity contribution < 1.29 is 4.79 Å². The van der Waals surface area contributed by atoms with Crippen molar-refractivity contribution >= 4 is 57.8 Å². The highest BCUT2D eigenvalue weighted by atomic mass is 32.2. The topological polar surface area (TPSA) is 100 Å². The summed E-state index contributed by atoms with van der Waals surface area (Å²) < 4.78 is 3.71. The summed E-state index contributed by atoms with van der Waals surface area (Å²) in [4.78, 5) is 16.6. The maximum Gasteiger partial charge on any atom is 0.167 e. The van der Waals surface area contributed by atoms with E-state index in [-0.39, 0.29) is 0 Å². The number of aromatic nitrogens is 2. The molecule has 0 unspecified atom stereocenters. The van der Waals surface area contributed by atoms with E-state index in [9.17, 15) is 4.79 Å². The van der Waals surface area contributed by atoms with E-state index in [0.29, 0.717) is 23.5 Å². The van der Waals surface area contributed by atoms with Crippen LogP contribution in [-0.2, 0) is 19.3 Å². The second kappa shape index (κ2) is 10.0. The zero-order chi connectivity index (χ0) is 23.4. The molecule has 4 rings (SSSR count). The molecule has 0 fully saturated rings. The number of anilines is 1. The fourth-order valence-corrected chi connectivity index (χ4v) is 5.69. The number of hydrazone groups is 1. The molecule has 4 aromatic rings. The number of hydrogen-bond acceptors (Lipinski definition) is 8. The van der Waals surface area contributed by atoms with Crippen LogP contribution in [0.1, 0.15) is 32.7 Å².